The largest absolute Gasteiger partial charge is 0.294 e. The number of imidazole rings is 1. The van der Waals surface area contributed by atoms with Crippen molar-refractivity contribution in [2.75, 3.05) is 0 Å². The van der Waals surface area contributed by atoms with Gasteiger partial charge in [0.05, 0.1) is 27.4 Å². The SMILES string of the molecule is Cc1cc2c(s1)c1ccccc1c1ncc(-n3c4ccccc4c4ccccc43)n21. The Morgan fingerprint density at radius 2 is 1.30 bits per heavy atom. The van der Waals surface area contributed by atoms with Crippen LogP contribution in [0.3, 0.4) is 0 Å². The molecule has 0 fully saturated rings. The molecule has 4 aromatic heterocycles. The van der Waals surface area contributed by atoms with Gasteiger partial charge in [0.25, 0.3) is 0 Å². The zero-order valence-electron chi connectivity index (χ0n) is 16.3. The maximum absolute atomic E-state index is 4.92. The number of fused-ring (bicyclic) bond motifs is 9. The van der Waals surface area contributed by atoms with Crippen LogP contribution in [0.25, 0.3) is 54.3 Å². The minimum Gasteiger partial charge on any atom is -0.294 e. The van der Waals surface area contributed by atoms with Crippen LogP contribution in [0, 0.1) is 6.92 Å². The van der Waals surface area contributed by atoms with Gasteiger partial charge in [0, 0.05) is 26.4 Å². The fourth-order valence-corrected chi connectivity index (χ4v) is 5.87. The average Bonchev–Trinajstić information content (AvgIpc) is 3.47. The molecule has 30 heavy (non-hydrogen) atoms. The van der Waals surface area contributed by atoms with Crippen LogP contribution in [0.5, 0.6) is 0 Å². The van der Waals surface area contributed by atoms with Gasteiger partial charge >= 0.3 is 0 Å². The van der Waals surface area contributed by atoms with E-state index in [1.54, 1.807) is 0 Å². The number of thiophene rings is 1. The van der Waals surface area contributed by atoms with Gasteiger partial charge in [-0.25, -0.2) is 4.98 Å². The van der Waals surface area contributed by atoms with Crippen LogP contribution in [0.2, 0.25) is 0 Å². The Balaban J connectivity index is 1.75. The number of para-hydroxylation sites is 2. The molecule has 0 aliphatic rings. The highest BCUT2D eigenvalue weighted by Gasteiger charge is 2.19. The van der Waals surface area contributed by atoms with Crippen molar-refractivity contribution in [1.29, 1.82) is 0 Å². The zero-order chi connectivity index (χ0) is 19.8. The van der Waals surface area contributed by atoms with Crippen molar-refractivity contribution in [2.24, 2.45) is 0 Å². The number of hydrogen-bond donors (Lipinski definition) is 0. The fraction of sp³-hybridized carbons (Fsp3) is 0.0385. The van der Waals surface area contributed by atoms with E-state index >= 15 is 0 Å². The third-order valence-corrected chi connectivity index (χ3v) is 7.11. The third kappa shape index (κ3) is 1.96. The molecule has 0 saturated carbocycles. The van der Waals surface area contributed by atoms with Crippen LogP contribution < -0.4 is 0 Å². The molecule has 0 bridgehead atoms. The Morgan fingerprint density at radius 3 is 2.00 bits per heavy atom. The van der Waals surface area contributed by atoms with Crippen LogP contribution in [0.1, 0.15) is 4.88 Å². The predicted octanol–water partition coefficient (Wildman–Crippen LogP) is 7.11. The van der Waals surface area contributed by atoms with Crippen molar-refractivity contribution < 1.29 is 0 Å². The predicted molar refractivity (Wildman–Crippen MR) is 127 cm³/mol. The number of hydrogen-bond acceptors (Lipinski definition) is 2. The van der Waals surface area contributed by atoms with Gasteiger partial charge in [-0.2, -0.15) is 0 Å². The Labute approximate surface area is 176 Å². The molecule has 0 spiro atoms. The molecule has 3 aromatic carbocycles. The number of pyridine rings is 1. The lowest BCUT2D eigenvalue weighted by molar-refractivity contribution is 1.07. The molecule has 0 aliphatic heterocycles. The van der Waals surface area contributed by atoms with Gasteiger partial charge in [-0.1, -0.05) is 60.7 Å². The first-order chi connectivity index (χ1) is 14.8. The van der Waals surface area contributed by atoms with Gasteiger partial charge in [-0.15, -0.1) is 11.3 Å². The van der Waals surface area contributed by atoms with Crippen molar-refractivity contribution in [1.82, 2.24) is 14.0 Å². The first-order valence-corrected chi connectivity index (χ1v) is 10.9. The highest BCUT2D eigenvalue weighted by atomic mass is 32.1. The molecule has 0 atom stereocenters. The van der Waals surface area contributed by atoms with Gasteiger partial charge < -0.3 is 0 Å². The van der Waals surface area contributed by atoms with E-state index in [0.29, 0.717) is 0 Å². The Kier molecular flexibility index (Phi) is 3.08. The molecule has 4 heterocycles. The lowest BCUT2D eigenvalue weighted by Crippen LogP contribution is -2.00. The summed E-state index contributed by atoms with van der Waals surface area (Å²) in [6, 6.07) is 28.2. The van der Waals surface area contributed by atoms with Crippen molar-refractivity contribution in [3.05, 3.63) is 89.9 Å². The lowest BCUT2D eigenvalue weighted by Gasteiger charge is -2.10. The number of benzene rings is 3. The van der Waals surface area contributed by atoms with Crippen LogP contribution in [-0.4, -0.2) is 14.0 Å². The van der Waals surface area contributed by atoms with Crippen molar-refractivity contribution in [3.63, 3.8) is 0 Å². The maximum Gasteiger partial charge on any atom is 0.146 e. The van der Waals surface area contributed by atoms with Crippen LogP contribution in [-0.2, 0) is 0 Å². The van der Waals surface area contributed by atoms with Crippen LogP contribution in [0.15, 0.2) is 85.1 Å². The topological polar surface area (TPSA) is 22.2 Å². The van der Waals surface area contributed by atoms with E-state index in [1.165, 1.54) is 47.7 Å². The Bertz CT molecular complexity index is 1710. The molecule has 7 rings (SSSR count). The normalized spacial score (nSPS) is 12.2. The highest BCUT2D eigenvalue weighted by molar-refractivity contribution is 7.20. The molecule has 7 aromatic rings. The molecule has 3 nitrogen and oxygen atoms in total. The smallest absolute Gasteiger partial charge is 0.146 e. The summed E-state index contributed by atoms with van der Waals surface area (Å²) in [4.78, 5) is 6.23. The second kappa shape index (κ2) is 5.71. The van der Waals surface area contributed by atoms with E-state index < -0.39 is 0 Å². The monoisotopic (exact) mass is 403 g/mol. The first-order valence-electron chi connectivity index (χ1n) is 10.1. The number of aryl methyl sites for hydroxylation is 1. The minimum atomic E-state index is 1.01. The van der Waals surface area contributed by atoms with Crippen LogP contribution >= 0.6 is 11.3 Å². The van der Waals surface area contributed by atoms with E-state index in [1.807, 2.05) is 17.5 Å². The summed E-state index contributed by atoms with van der Waals surface area (Å²) in [6.45, 7) is 2.18. The molecule has 0 radical (unpaired) electrons. The molecule has 0 unspecified atom stereocenters. The molecule has 0 amide bonds. The molecule has 0 N–H and O–H groups in total. The summed E-state index contributed by atoms with van der Waals surface area (Å²) < 4.78 is 6.00. The van der Waals surface area contributed by atoms with E-state index in [0.717, 1.165) is 11.5 Å². The number of rotatable bonds is 1. The Morgan fingerprint density at radius 1 is 0.700 bits per heavy atom. The standard InChI is InChI=1S/C26H17N3S/c1-16-14-23-25(30-16)19-10-2-3-11-20(19)26-27-15-24(29(23)26)28-21-12-6-4-8-17(21)18-9-5-7-13-22(18)28/h2-15H,1H3. The van der Waals surface area contributed by atoms with E-state index in [2.05, 4.69) is 94.8 Å². The molecule has 4 heteroatoms. The fourth-order valence-electron chi connectivity index (χ4n) is 4.83. The minimum absolute atomic E-state index is 1.01. The van der Waals surface area contributed by atoms with E-state index in [-0.39, 0.29) is 0 Å². The highest BCUT2D eigenvalue weighted by Crippen LogP contribution is 2.38. The maximum atomic E-state index is 4.92. The van der Waals surface area contributed by atoms with Crippen molar-refractivity contribution in [2.45, 2.75) is 6.92 Å². The number of aromatic nitrogens is 3. The summed E-state index contributed by atoms with van der Waals surface area (Å²) in [5.41, 5.74) is 4.64. The zero-order valence-corrected chi connectivity index (χ0v) is 17.1. The van der Waals surface area contributed by atoms with Gasteiger partial charge in [0.15, 0.2) is 0 Å². The lowest BCUT2D eigenvalue weighted by atomic mass is 10.1. The van der Waals surface area contributed by atoms with Crippen LogP contribution in [0.4, 0.5) is 0 Å². The summed E-state index contributed by atoms with van der Waals surface area (Å²) in [5.74, 6) is 1.08. The second-order valence-electron chi connectivity index (χ2n) is 7.76. The van der Waals surface area contributed by atoms with Gasteiger partial charge in [0.2, 0.25) is 0 Å². The quantitative estimate of drug-likeness (QED) is 0.286. The Hall–Kier alpha value is -3.63. The van der Waals surface area contributed by atoms with E-state index in [9.17, 15) is 0 Å². The molecular weight excluding hydrogens is 386 g/mol. The summed E-state index contributed by atoms with van der Waals surface area (Å²) in [7, 11) is 0. The summed E-state index contributed by atoms with van der Waals surface area (Å²) in [5, 5.41) is 5.00. The van der Waals surface area contributed by atoms with Gasteiger partial charge in [-0.3, -0.25) is 8.97 Å². The molecule has 0 aliphatic carbocycles. The van der Waals surface area contributed by atoms with Gasteiger partial charge in [-0.05, 0) is 25.1 Å². The first kappa shape index (κ1) is 16.2. The second-order valence-corrected chi connectivity index (χ2v) is 9.02. The summed E-state index contributed by atoms with van der Waals surface area (Å²) in [6.07, 6.45) is 2.02. The van der Waals surface area contributed by atoms with E-state index in [4.69, 9.17) is 4.98 Å². The van der Waals surface area contributed by atoms with Gasteiger partial charge in [0.1, 0.15) is 11.5 Å². The molecule has 0 saturated heterocycles. The number of nitrogens with zero attached hydrogens (tertiary/aromatic N) is 3. The van der Waals surface area contributed by atoms with Crippen molar-refractivity contribution >= 4 is 59.8 Å². The molecule has 142 valence electrons. The molecular formula is C26H17N3S. The summed E-state index contributed by atoms with van der Waals surface area (Å²) >= 11 is 1.86. The average molecular weight is 404 g/mol. The third-order valence-electron chi connectivity index (χ3n) is 6.04. The van der Waals surface area contributed by atoms with Crippen molar-refractivity contribution in [3.8, 4) is 5.82 Å².